The first kappa shape index (κ1) is 15.0. The first-order chi connectivity index (χ1) is 9.54. The van der Waals surface area contributed by atoms with Crippen molar-refractivity contribution in [2.75, 3.05) is 38.2 Å². The molecule has 0 saturated carbocycles. The zero-order valence-electron chi connectivity index (χ0n) is 11.2. The van der Waals surface area contributed by atoms with Crippen molar-refractivity contribution >= 4 is 23.1 Å². The van der Waals surface area contributed by atoms with Gasteiger partial charge in [0.15, 0.2) is 0 Å². The average Bonchev–Trinajstić information content (AvgIpc) is 2.38. The second-order valence-electron chi connectivity index (χ2n) is 4.75. The van der Waals surface area contributed by atoms with Gasteiger partial charge >= 0.3 is 0 Å². The van der Waals surface area contributed by atoms with Gasteiger partial charge in [0, 0.05) is 25.7 Å². The molecule has 0 radical (unpaired) electrons. The number of rotatable bonds is 5. The lowest BCUT2D eigenvalue weighted by atomic mass is 10.2. The van der Waals surface area contributed by atoms with Crippen molar-refractivity contribution in [3.63, 3.8) is 0 Å². The van der Waals surface area contributed by atoms with Crippen LogP contribution in [0, 0.1) is 10.1 Å². The Balaban J connectivity index is 1.96. The summed E-state index contributed by atoms with van der Waals surface area (Å²) in [6, 6.07) is 2.74. The van der Waals surface area contributed by atoms with Gasteiger partial charge in [0.1, 0.15) is 11.0 Å². The highest BCUT2D eigenvalue weighted by Gasteiger charge is 2.15. The summed E-state index contributed by atoms with van der Waals surface area (Å²) in [6.45, 7) is 6.11. The van der Waals surface area contributed by atoms with Gasteiger partial charge in [-0.3, -0.25) is 15.0 Å². The predicted octanol–water partition coefficient (Wildman–Crippen LogP) is 1.78. The number of morpholine rings is 1. The third kappa shape index (κ3) is 4.29. The van der Waals surface area contributed by atoms with E-state index in [1.54, 1.807) is 0 Å². The Kier molecular flexibility index (Phi) is 5.11. The minimum atomic E-state index is -0.481. The van der Waals surface area contributed by atoms with Gasteiger partial charge < -0.3 is 10.1 Å². The monoisotopic (exact) mass is 300 g/mol. The molecule has 1 unspecified atom stereocenters. The molecular weight excluding hydrogens is 284 g/mol. The third-order valence-electron chi connectivity index (χ3n) is 3.02. The van der Waals surface area contributed by atoms with Gasteiger partial charge in [-0.25, -0.2) is 4.98 Å². The fraction of sp³-hybridized carbons (Fsp3) is 0.583. The van der Waals surface area contributed by atoms with Gasteiger partial charge in [-0.15, -0.1) is 0 Å². The lowest BCUT2D eigenvalue weighted by Gasteiger charge is -2.29. The number of ether oxygens (including phenoxy) is 1. The molecule has 0 bridgehead atoms. The Morgan fingerprint density at radius 2 is 2.25 bits per heavy atom. The van der Waals surface area contributed by atoms with E-state index in [0.717, 1.165) is 32.8 Å². The molecule has 1 fully saturated rings. The maximum absolute atomic E-state index is 10.8. The number of nitrogens with one attached hydrogen (secondary N) is 1. The topological polar surface area (TPSA) is 80.5 Å². The van der Waals surface area contributed by atoms with Crippen LogP contribution in [0.4, 0.5) is 11.5 Å². The van der Waals surface area contributed by atoms with Crippen LogP contribution in [0.15, 0.2) is 12.1 Å². The Hall–Kier alpha value is -1.44. The largest absolute Gasteiger partial charge is 0.379 e. The summed E-state index contributed by atoms with van der Waals surface area (Å²) < 4.78 is 5.29. The summed E-state index contributed by atoms with van der Waals surface area (Å²) in [6.07, 6.45) is 0. The number of hydrogen-bond acceptors (Lipinski definition) is 6. The third-order valence-corrected chi connectivity index (χ3v) is 3.21. The van der Waals surface area contributed by atoms with Gasteiger partial charge in [0.05, 0.1) is 30.3 Å². The summed E-state index contributed by atoms with van der Waals surface area (Å²) in [5, 5.41) is 14.0. The molecule has 110 valence electrons. The van der Waals surface area contributed by atoms with Gasteiger partial charge in [0.25, 0.3) is 5.69 Å². The number of halogens is 1. The second-order valence-corrected chi connectivity index (χ2v) is 5.14. The van der Waals surface area contributed by atoms with E-state index in [9.17, 15) is 10.1 Å². The highest BCUT2D eigenvalue weighted by atomic mass is 35.5. The van der Waals surface area contributed by atoms with Gasteiger partial charge in [0.2, 0.25) is 0 Å². The van der Waals surface area contributed by atoms with Crippen molar-refractivity contribution < 1.29 is 9.66 Å². The Morgan fingerprint density at radius 1 is 1.55 bits per heavy atom. The average molecular weight is 301 g/mol. The Bertz CT molecular complexity index is 480. The SMILES string of the molecule is CC(CN1CCOCC1)Nc1cc([N+](=O)[O-])cc(Cl)n1. The van der Waals surface area contributed by atoms with Gasteiger partial charge in [-0.2, -0.15) is 0 Å². The van der Waals surface area contributed by atoms with Crippen LogP contribution in [-0.2, 0) is 4.74 Å². The molecule has 8 heteroatoms. The van der Waals surface area contributed by atoms with Crippen LogP contribution >= 0.6 is 11.6 Å². The molecule has 1 aromatic rings. The summed E-state index contributed by atoms with van der Waals surface area (Å²) >= 11 is 5.79. The van der Waals surface area contributed by atoms with Crippen LogP contribution < -0.4 is 5.32 Å². The summed E-state index contributed by atoms with van der Waals surface area (Å²) in [5.41, 5.74) is -0.0638. The highest BCUT2D eigenvalue weighted by Crippen LogP contribution is 2.21. The van der Waals surface area contributed by atoms with Crippen molar-refractivity contribution in [2.24, 2.45) is 0 Å². The molecule has 20 heavy (non-hydrogen) atoms. The van der Waals surface area contributed by atoms with Crippen LogP contribution in [0.5, 0.6) is 0 Å². The molecule has 1 aliphatic heterocycles. The van der Waals surface area contributed by atoms with Crippen molar-refractivity contribution in [1.29, 1.82) is 0 Å². The molecule has 2 rings (SSSR count). The van der Waals surface area contributed by atoms with Gasteiger partial charge in [-0.05, 0) is 6.92 Å². The summed E-state index contributed by atoms with van der Waals surface area (Å²) in [7, 11) is 0. The maximum Gasteiger partial charge on any atom is 0.276 e. The van der Waals surface area contributed by atoms with Crippen molar-refractivity contribution in [2.45, 2.75) is 13.0 Å². The van der Waals surface area contributed by atoms with Crippen LogP contribution in [0.2, 0.25) is 5.15 Å². The molecule has 0 spiro atoms. The number of anilines is 1. The Labute approximate surface area is 122 Å². The molecule has 7 nitrogen and oxygen atoms in total. The number of nitrogens with zero attached hydrogens (tertiary/aromatic N) is 3. The summed E-state index contributed by atoms with van der Waals surface area (Å²) in [5.74, 6) is 0.421. The lowest BCUT2D eigenvalue weighted by Crippen LogP contribution is -2.42. The van der Waals surface area contributed by atoms with E-state index in [0.29, 0.717) is 5.82 Å². The lowest BCUT2D eigenvalue weighted by molar-refractivity contribution is -0.384. The van der Waals surface area contributed by atoms with Crippen LogP contribution in [-0.4, -0.2) is 53.7 Å². The minimum Gasteiger partial charge on any atom is -0.379 e. The van der Waals surface area contributed by atoms with E-state index in [4.69, 9.17) is 16.3 Å². The second kappa shape index (κ2) is 6.83. The zero-order valence-corrected chi connectivity index (χ0v) is 12.0. The molecule has 0 aliphatic carbocycles. The quantitative estimate of drug-likeness (QED) is 0.507. The Morgan fingerprint density at radius 3 is 2.90 bits per heavy atom. The fourth-order valence-corrected chi connectivity index (χ4v) is 2.33. The molecule has 1 aromatic heterocycles. The summed E-state index contributed by atoms with van der Waals surface area (Å²) in [4.78, 5) is 16.6. The number of pyridine rings is 1. The van der Waals surface area contributed by atoms with E-state index >= 15 is 0 Å². The molecule has 0 aromatic carbocycles. The van der Waals surface area contributed by atoms with E-state index < -0.39 is 4.92 Å². The normalized spacial score (nSPS) is 17.7. The number of aromatic nitrogens is 1. The molecule has 1 N–H and O–H groups in total. The maximum atomic E-state index is 10.8. The van der Waals surface area contributed by atoms with E-state index in [1.807, 2.05) is 6.92 Å². The van der Waals surface area contributed by atoms with Crippen LogP contribution in [0.3, 0.4) is 0 Å². The minimum absolute atomic E-state index is 0.0638. The van der Waals surface area contributed by atoms with Crippen molar-refractivity contribution in [3.05, 3.63) is 27.4 Å². The molecule has 1 saturated heterocycles. The van der Waals surface area contributed by atoms with Gasteiger partial charge in [-0.1, -0.05) is 11.6 Å². The smallest absolute Gasteiger partial charge is 0.276 e. The first-order valence-corrected chi connectivity index (χ1v) is 6.81. The highest BCUT2D eigenvalue weighted by molar-refractivity contribution is 6.29. The number of nitro groups is 1. The van der Waals surface area contributed by atoms with Crippen molar-refractivity contribution in [3.8, 4) is 0 Å². The number of hydrogen-bond donors (Lipinski definition) is 1. The molecule has 1 atom stereocenters. The zero-order chi connectivity index (χ0) is 14.5. The fourth-order valence-electron chi connectivity index (χ4n) is 2.13. The molecular formula is C12H17ClN4O3. The molecule has 0 amide bonds. The standard InChI is InChI=1S/C12H17ClN4O3/c1-9(8-16-2-4-20-5-3-16)14-12-7-10(17(18)19)6-11(13)15-12/h6-7,9H,2-5,8H2,1H3,(H,14,15). The van der Waals surface area contributed by atoms with E-state index in [1.165, 1.54) is 12.1 Å². The molecule has 1 aliphatic rings. The first-order valence-electron chi connectivity index (χ1n) is 6.43. The predicted molar refractivity (Wildman–Crippen MR) is 76.2 cm³/mol. The van der Waals surface area contributed by atoms with E-state index in [-0.39, 0.29) is 16.9 Å². The van der Waals surface area contributed by atoms with E-state index in [2.05, 4.69) is 15.2 Å². The molecule has 2 heterocycles. The van der Waals surface area contributed by atoms with Crippen LogP contribution in [0.25, 0.3) is 0 Å². The van der Waals surface area contributed by atoms with Crippen molar-refractivity contribution in [1.82, 2.24) is 9.88 Å². The van der Waals surface area contributed by atoms with Crippen LogP contribution in [0.1, 0.15) is 6.92 Å².